The SMILES string of the molecule is O=C(O)C(=O)CC(=O)c1cc(Cc2ccccc2)cs1. The monoisotopic (exact) mass is 288 g/mol. The smallest absolute Gasteiger partial charge is 0.372 e. The molecule has 0 radical (unpaired) electrons. The zero-order chi connectivity index (χ0) is 14.5. The molecule has 0 amide bonds. The zero-order valence-corrected chi connectivity index (χ0v) is 11.4. The Kier molecular flexibility index (Phi) is 4.42. The predicted molar refractivity (Wildman–Crippen MR) is 75.2 cm³/mol. The van der Waals surface area contributed by atoms with E-state index < -0.39 is 24.0 Å². The van der Waals surface area contributed by atoms with E-state index >= 15 is 0 Å². The highest BCUT2D eigenvalue weighted by atomic mass is 32.1. The lowest BCUT2D eigenvalue weighted by Crippen LogP contribution is -2.16. The third kappa shape index (κ3) is 3.61. The first-order valence-corrected chi connectivity index (χ1v) is 6.85. The number of carbonyl (C=O) groups is 3. The number of aliphatic carboxylic acids is 1. The number of carboxylic acid groups (broad SMARTS) is 1. The van der Waals surface area contributed by atoms with Crippen molar-refractivity contribution >= 4 is 28.9 Å². The zero-order valence-electron chi connectivity index (χ0n) is 10.5. The molecule has 0 spiro atoms. The number of Topliss-reactive ketones (excluding diaryl/α,β-unsaturated/α-hetero) is 2. The van der Waals surface area contributed by atoms with E-state index in [1.54, 1.807) is 6.07 Å². The van der Waals surface area contributed by atoms with Gasteiger partial charge in [-0.3, -0.25) is 9.59 Å². The number of carbonyl (C=O) groups excluding carboxylic acids is 2. The molecule has 0 atom stereocenters. The van der Waals surface area contributed by atoms with Crippen LogP contribution in [-0.2, 0) is 16.0 Å². The van der Waals surface area contributed by atoms with E-state index in [4.69, 9.17) is 5.11 Å². The summed E-state index contributed by atoms with van der Waals surface area (Å²) in [5.41, 5.74) is 2.11. The number of carboxylic acids is 1. The number of rotatable bonds is 6. The normalized spacial score (nSPS) is 10.2. The Balaban J connectivity index is 2.04. The number of benzene rings is 1. The topological polar surface area (TPSA) is 71.4 Å². The Bertz CT molecular complexity index is 643. The molecule has 1 aromatic heterocycles. The highest BCUT2D eigenvalue weighted by Gasteiger charge is 2.19. The second-order valence-corrected chi connectivity index (χ2v) is 5.22. The summed E-state index contributed by atoms with van der Waals surface area (Å²) in [5, 5.41) is 10.3. The molecule has 2 aromatic rings. The van der Waals surface area contributed by atoms with E-state index in [1.807, 2.05) is 35.7 Å². The molecule has 2 rings (SSSR count). The molecule has 0 aliphatic rings. The van der Waals surface area contributed by atoms with Crippen LogP contribution in [0, 0.1) is 0 Å². The molecule has 0 saturated carbocycles. The van der Waals surface area contributed by atoms with E-state index in [2.05, 4.69) is 0 Å². The lowest BCUT2D eigenvalue weighted by molar-refractivity contribution is -0.148. The molecule has 0 bridgehead atoms. The van der Waals surface area contributed by atoms with Crippen LogP contribution in [0.25, 0.3) is 0 Å². The fourth-order valence-electron chi connectivity index (χ4n) is 1.75. The maximum absolute atomic E-state index is 11.8. The Morgan fingerprint density at radius 2 is 1.75 bits per heavy atom. The lowest BCUT2D eigenvalue weighted by atomic mass is 10.1. The summed E-state index contributed by atoms with van der Waals surface area (Å²) < 4.78 is 0. The minimum atomic E-state index is -1.57. The van der Waals surface area contributed by atoms with Gasteiger partial charge in [0.05, 0.1) is 11.3 Å². The molecule has 0 saturated heterocycles. The Labute approximate surface area is 119 Å². The van der Waals surface area contributed by atoms with Gasteiger partial charge in [-0.15, -0.1) is 11.3 Å². The van der Waals surface area contributed by atoms with Gasteiger partial charge in [0.25, 0.3) is 0 Å². The molecule has 1 heterocycles. The van der Waals surface area contributed by atoms with Crippen molar-refractivity contribution in [3.8, 4) is 0 Å². The highest BCUT2D eigenvalue weighted by Crippen LogP contribution is 2.19. The van der Waals surface area contributed by atoms with Gasteiger partial charge in [0.1, 0.15) is 0 Å². The van der Waals surface area contributed by atoms with Gasteiger partial charge in [-0.2, -0.15) is 0 Å². The molecular weight excluding hydrogens is 276 g/mol. The molecular formula is C15H12O4S. The summed E-state index contributed by atoms with van der Waals surface area (Å²) in [7, 11) is 0. The standard InChI is InChI=1S/C15H12O4S/c16-12(8-13(17)15(18)19)14-7-11(9-20-14)6-10-4-2-1-3-5-10/h1-5,7,9H,6,8H2,(H,18,19). The molecule has 4 nitrogen and oxygen atoms in total. The number of thiophene rings is 1. The molecule has 20 heavy (non-hydrogen) atoms. The van der Waals surface area contributed by atoms with Gasteiger partial charge in [-0.25, -0.2) is 4.79 Å². The average Bonchev–Trinajstić information content (AvgIpc) is 2.88. The van der Waals surface area contributed by atoms with Gasteiger partial charge < -0.3 is 5.11 Å². The summed E-state index contributed by atoms with van der Waals surface area (Å²) >= 11 is 1.24. The van der Waals surface area contributed by atoms with Crippen molar-refractivity contribution in [1.82, 2.24) is 0 Å². The molecule has 5 heteroatoms. The van der Waals surface area contributed by atoms with Gasteiger partial charge in [-0.05, 0) is 29.0 Å². The van der Waals surface area contributed by atoms with Crippen molar-refractivity contribution in [2.45, 2.75) is 12.8 Å². The summed E-state index contributed by atoms with van der Waals surface area (Å²) in [6.07, 6.45) is 0.123. The van der Waals surface area contributed by atoms with Crippen molar-refractivity contribution < 1.29 is 19.5 Å². The van der Waals surface area contributed by atoms with Crippen LogP contribution in [0.2, 0.25) is 0 Å². The van der Waals surface area contributed by atoms with E-state index in [0.29, 0.717) is 11.3 Å². The Morgan fingerprint density at radius 3 is 2.40 bits per heavy atom. The lowest BCUT2D eigenvalue weighted by Gasteiger charge is -1.97. The third-order valence-corrected chi connectivity index (χ3v) is 3.76. The summed E-state index contributed by atoms with van der Waals surface area (Å²) in [4.78, 5) is 33.6. The highest BCUT2D eigenvalue weighted by molar-refractivity contribution is 7.12. The van der Waals surface area contributed by atoms with Crippen molar-refractivity contribution in [1.29, 1.82) is 0 Å². The second kappa shape index (κ2) is 6.25. The fraction of sp³-hybridized carbons (Fsp3) is 0.133. The van der Waals surface area contributed by atoms with Crippen LogP contribution in [0.3, 0.4) is 0 Å². The van der Waals surface area contributed by atoms with Crippen LogP contribution < -0.4 is 0 Å². The van der Waals surface area contributed by atoms with Crippen LogP contribution >= 0.6 is 11.3 Å². The van der Waals surface area contributed by atoms with Gasteiger partial charge in [-0.1, -0.05) is 30.3 Å². The first kappa shape index (κ1) is 14.1. The third-order valence-electron chi connectivity index (χ3n) is 2.74. The predicted octanol–water partition coefficient (Wildman–Crippen LogP) is 2.57. The summed E-state index contributed by atoms with van der Waals surface area (Å²) in [6, 6.07) is 11.5. The van der Waals surface area contributed by atoms with Crippen molar-refractivity contribution in [3.05, 3.63) is 57.8 Å². The quantitative estimate of drug-likeness (QED) is 0.504. The van der Waals surface area contributed by atoms with Crippen molar-refractivity contribution in [2.24, 2.45) is 0 Å². The Morgan fingerprint density at radius 1 is 1.05 bits per heavy atom. The summed E-state index contributed by atoms with van der Waals surface area (Å²) in [5.74, 6) is -3.09. The fourth-order valence-corrected chi connectivity index (χ4v) is 2.61. The average molecular weight is 288 g/mol. The van der Waals surface area contributed by atoms with Crippen LogP contribution in [0.5, 0.6) is 0 Å². The molecule has 1 N–H and O–H groups in total. The maximum atomic E-state index is 11.8. The molecule has 102 valence electrons. The van der Waals surface area contributed by atoms with E-state index in [-0.39, 0.29) is 0 Å². The van der Waals surface area contributed by atoms with Gasteiger partial charge >= 0.3 is 5.97 Å². The Hall–Kier alpha value is -2.27. The first-order chi connectivity index (χ1) is 9.56. The molecule has 1 aromatic carbocycles. The van der Waals surface area contributed by atoms with Crippen molar-refractivity contribution in [3.63, 3.8) is 0 Å². The summed E-state index contributed by atoms with van der Waals surface area (Å²) in [6.45, 7) is 0. The maximum Gasteiger partial charge on any atom is 0.372 e. The van der Waals surface area contributed by atoms with Gasteiger partial charge in [0, 0.05) is 0 Å². The van der Waals surface area contributed by atoms with Crippen LogP contribution in [0.15, 0.2) is 41.8 Å². The van der Waals surface area contributed by atoms with Gasteiger partial charge in [0.2, 0.25) is 5.78 Å². The van der Waals surface area contributed by atoms with Crippen molar-refractivity contribution in [2.75, 3.05) is 0 Å². The first-order valence-electron chi connectivity index (χ1n) is 5.97. The van der Waals surface area contributed by atoms with Crippen LogP contribution in [0.1, 0.15) is 27.2 Å². The molecule has 0 aliphatic carbocycles. The van der Waals surface area contributed by atoms with E-state index in [0.717, 1.165) is 11.1 Å². The molecule has 0 aliphatic heterocycles. The largest absolute Gasteiger partial charge is 0.475 e. The molecule has 0 fully saturated rings. The number of hydrogen-bond donors (Lipinski definition) is 1. The van der Waals surface area contributed by atoms with Gasteiger partial charge in [0.15, 0.2) is 5.78 Å². The van der Waals surface area contributed by atoms with E-state index in [1.165, 1.54) is 11.3 Å². The minimum absolute atomic E-state index is 0.422. The molecule has 0 unspecified atom stereocenters. The van der Waals surface area contributed by atoms with Crippen LogP contribution in [0.4, 0.5) is 0 Å². The number of hydrogen-bond acceptors (Lipinski definition) is 4. The van der Waals surface area contributed by atoms with Crippen LogP contribution in [-0.4, -0.2) is 22.6 Å². The minimum Gasteiger partial charge on any atom is -0.475 e. The van der Waals surface area contributed by atoms with E-state index in [9.17, 15) is 14.4 Å². The number of ketones is 2. The second-order valence-electron chi connectivity index (χ2n) is 4.31.